The van der Waals surface area contributed by atoms with E-state index in [2.05, 4.69) is 6.92 Å². The molecular formula is C10H19NO2. The van der Waals surface area contributed by atoms with Gasteiger partial charge in [0.05, 0.1) is 6.10 Å². The first kappa shape index (κ1) is 10.5. The van der Waals surface area contributed by atoms with Crippen LogP contribution in [0, 0.1) is 5.92 Å². The van der Waals surface area contributed by atoms with E-state index in [9.17, 15) is 4.79 Å². The van der Waals surface area contributed by atoms with Gasteiger partial charge in [0.2, 0.25) is 5.91 Å². The van der Waals surface area contributed by atoms with Crippen molar-refractivity contribution < 1.29 is 9.53 Å². The minimum Gasteiger partial charge on any atom is -0.369 e. The summed E-state index contributed by atoms with van der Waals surface area (Å²) in [6, 6.07) is 0. The second-order valence-corrected chi connectivity index (χ2v) is 4.09. The predicted octanol–water partition coefficient (Wildman–Crippen LogP) is 1.28. The maximum absolute atomic E-state index is 11.5. The normalized spacial score (nSPS) is 22.8. The Labute approximate surface area is 80.1 Å². The van der Waals surface area contributed by atoms with E-state index in [1.54, 1.807) is 0 Å². The Hall–Kier alpha value is -0.570. The zero-order valence-corrected chi connectivity index (χ0v) is 8.75. The molecule has 1 amide bonds. The van der Waals surface area contributed by atoms with Crippen LogP contribution in [0.3, 0.4) is 0 Å². The Balaban J connectivity index is 2.24. The van der Waals surface area contributed by atoms with E-state index in [1.165, 1.54) is 0 Å². The quantitative estimate of drug-likeness (QED) is 0.663. The molecule has 0 spiro atoms. The summed E-state index contributed by atoms with van der Waals surface area (Å²) in [5.41, 5.74) is 0. The SMILES string of the molecule is CC1CCN(C(=O)COC(C)C)C1. The third-order valence-corrected chi connectivity index (χ3v) is 2.32. The van der Waals surface area contributed by atoms with Crippen molar-refractivity contribution in [1.82, 2.24) is 4.90 Å². The van der Waals surface area contributed by atoms with Crippen molar-refractivity contribution in [2.75, 3.05) is 19.7 Å². The third kappa shape index (κ3) is 3.35. The highest BCUT2D eigenvalue weighted by Crippen LogP contribution is 2.14. The minimum absolute atomic E-state index is 0.137. The van der Waals surface area contributed by atoms with Gasteiger partial charge in [-0.25, -0.2) is 0 Å². The fourth-order valence-electron chi connectivity index (χ4n) is 1.49. The summed E-state index contributed by atoms with van der Waals surface area (Å²) in [6.07, 6.45) is 1.27. The number of carbonyl (C=O) groups excluding carboxylic acids is 1. The van der Waals surface area contributed by atoms with Gasteiger partial charge in [0.15, 0.2) is 0 Å². The Bertz CT molecular complexity index is 180. The van der Waals surface area contributed by atoms with Gasteiger partial charge in [0.25, 0.3) is 0 Å². The van der Waals surface area contributed by atoms with E-state index in [0.29, 0.717) is 5.92 Å². The van der Waals surface area contributed by atoms with Crippen LogP contribution >= 0.6 is 0 Å². The summed E-state index contributed by atoms with van der Waals surface area (Å²) < 4.78 is 5.26. The second kappa shape index (κ2) is 4.61. The van der Waals surface area contributed by atoms with Crippen LogP contribution in [0.5, 0.6) is 0 Å². The lowest BCUT2D eigenvalue weighted by Gasteiger charge is -2.16. The second-order valence-electron chi connectivity index (χ2n) is 4.09. The molecule has 0 aromatic heterocycles. The van der Waals surface area contributed by atoms with Crippen LogP contribution in [0.4, 0.5) is 0 Å². The largest absolute Gasteiger partial charge is 0.369 e. The van der Waals surface area contributed by atoms with Crippen molar-refractivity contribution in [1.29, 1.82) is 0 Å². The summed E-state index contributed by atoms with van der Waals surface area (Å²) in [4.78, 5) is 13.4. The zero-order chi connectivity index (χ0) is 9.84. The van der Waals surface area contributed by atoms with E-state index in [0.717, 1.165) is 19.5 Å². The molecule has 3 heteroatoms. The van der Waals surface area contributed by atoms with Crippen LogP contribution in [0.15, 0.2) is 0 Å². The van der Waals surface area contributed by atoms with Crippen molar-refractivity contribution >= 4 is 5.91 Å². The van der Waals surface area contributed by atoms with Gasteiger partial charge in [-0.15, -0.1) is 0 Å². The Morgan fingerprint density at radius 2 is 2.31 bits per heavy atom. The molecule has 1 aliphatic heterocycles. The number of hydrogen-bond acceptors (Lipinski definition) is 2. The first-order valence-corrected chi connectivity index (χ1v) is 4.99. The first-order valence-electron chi connectivity index (χ1n) is 4.99. The smallest absolute Gasteiger partial charge is 0.248 e. The molecule has 1 saturated heterocycles. The monoisotopic (exact) mass is 185 g/mol. The molecule has 1 atom stereocenters. The topological polar surface area (TPSA) is 29.5 Å². The molecule has 0 N–H and O–H groups in total. The number of likely N-dealkylation sites (tertiary alicyclic amines) is 1. The number of amides is 1. The zero-order valence-electron chi connectivity index (χ0n) is 8.75. The molecule has 0 bridgehead atoms. The molecule has 0 aromatic carbocycles. The van der Waals surface area contributed by atoms with Gasteiger partial charge in [-0.1, -0.05) is 6.92 Å². The highest BCUT2D eigenvalue weighted by Gasteiger charge is 2.22. The van der Waals surface area contributed by atoms with Crippen LogP contribution in [0.2, 0.25) is 0 Å². The summed E-state index contributed by atoms with van der Waals surface area (Å²) >= 11 is 0. The maximum atomic E-state index is 11.5. The average molecular weight is 185 g/mol. The average Bonchev–Trinajstić information content (AvgIpc) is 2.47. The molecule has 13 heavy (non-hydrogen) atoms. The Morgan fingerprint density at radius 3 is 2.77 bits per heavy atom. The lowest BCUT2D eigenvalue weighted by atomic mass is 10.2. The van der Waals surface area contributed by atoms with Gasteiger partial charge in [0, 0.05) is 13.1 Å². The minimum atomic E-state index is 0.137. The van der Waals surface area contributed by atoms with Gasteiger partial charge >= 0.3 is 0 Å². The lowest BCUT2D eigenvalue weighted by Crippen LogP contribution is -2.32. The van der Waals surface area contributed by atoms with Gasteiger partial charge in [-0.3, -0.25) is 4.79 Å². The molecule has 0 aromatic rings. The highest BCUT2D eigenvalue weighted by atomic mass is 16.5. The molecule has 1 aliphatic rings. The van der Waals surface area contributed by atoms with Crippen molar-refractivity contribution in [3.63, 3.8) is 0 Å². The fraction of sp³-hybridized carbons (Fsp3) is 0.900. The van der Waals surface area contributed by atoms with Crippen LogP contribution < -0.4 is 0 Å². The number of ether oxygens (including phenoxy) is 1. The van der Waals surface area contributed by atoms with E-state index in [1.807, 2.05) is 18.7 Å². The van der Waals surface area contributed by atoms with Gasteiger partial charge < -0.3 is 9.64 Å². The summed E-state index contributed by atoms with van der Waals surface area (Å²) in [5.74, 6) is 0.793. The highest BCUT2D eigenvalue weighted by molar-refractivity contribution is 5.77. The third-order valence-electron chi connectivity index (χ3n) is 2.32. The molecule has 1 fully saturated rings. The molecule has 0 aliphatic carbocycles. The Kier molecular flexibility index (Phi) is 3.72. The van der Waals surface area contributed by atoms with E-state index >= 15 is 0 Å². The molecule has 3 nitrogen and oxygen atoms in total. The number of hydrogen-bond donors (Lipinski definition) is 0. The van der Waals surface area contributed by atoms with Crippen LogP contribution in [-0.4, -0.2) is 36.6 Å². The van der Waals surface area contributed by atoms with Crippen LogP contribution in [-0.2, 0) is 9.53 Å². The van der Waals surface area contributed by atoms with E-state index < -0.39 is 0 Å². The van der Waals surface area contributed by atoms with Crippen molar-refractivity contribution in [2.24, 2.45) is 5.92 Å². The summed E-state index contributed by atoms with van der Waals surface area (Å²) in [5, 5.41) is 0. The molecule has 0 saturated carbocycles. The molecule has 0 radical (unpaired) electrons. The molecule has 1 unspecified atom stereocenters. The first-order chi connectivity index (χ1) is 6.09. The lowest BCUT2D eigenvalue weighted by molar-refractivity contribution is -0.136. The van der Waals surface area contributed by atoms with Crippen LogP contribution in [0.1, 0.15) is 27.2 Å². The van der Waals surface area contributed by atoms with E-state index in [-0.39, 0.29) is 18.6 Å². The summed E-state index contributed by atoms with van der Waals surface area (Å²) in [7, 11) is 0. The van der Waals surface area contributed by atoms with Gasteiger partial charge in [0.1, 0.15) is 6.61 Å². The summed E-state index contributed by atoms with van der Waals surface area (Å²) in [6.45, 7) is 8.11. The van der Waals surface area contributed by atoms with Crippen molar-refractivity contribution in [3.05, 3.63) is 0 Å². The van der Waals surface area contributed by atoms with Crippen molar-refractivity contribution in [3.8, 4) is 0 Å². The molecule has 1 rings (SSSR count). The number of nitrogens with zero attached hydrogens (tertiary/aromatic N) is 1. The molecule has 76 valence electrons. The van der Waals surface area contributed by atoms with Crippen molar-refractivity contribution in [2.45, 2.75) is 33.3 Å². The number of carbonyl (C=O) groups is 1. The molecular weight excluding hydrogens is 166 g/mol. The Morgan fingerprint density at radius 1 is 1.62 bits per heavy atom. The maximum Gasteiger partial charge on any atom is 0.248 e. The van der Waals surface area contributed by atoms with Crippen LogP contribution in [0.25, 0.3) is 0 Å². The van der Waals surface area contributed by atoms with Gasteiger partial charge in [-0.05, 0) is 26.2 Å². The fourth-order valence-corrected chi connectivity index (χ4v) is 1.49. The van der Waals surface area contributed by atoms with Gasteiger partial charge in [-0.2, -0.15) is 0 Å². The number of rotatable bonds is 3. The molecule has 1 heterocycles. The predicted molar refractivity (Wildman–Crippen MR) is 51.4 cm³/mol. The standard InChI is InChI=1S/C10H19NO2/c1-8(2)13-7-10(12)11-5-4-9(3)6-11/h8-9H,4-7H2,1-3H3. The van der Waals surface area contributed by atoms with E-state index in [4.69, 9.17) is 4.74 Å².